The van der Waals surface area contributed by atoms with Crippen molar-refractivity contribution < 1.29 is 23.4 Å². The number of anilines is 1. The highest BCUT2D eigenvalue weighted by molar-refractivity contribution is 5.91. The molecule has 2 aromatic carbocycles. The highest BCUT2D eigenvalue weighted by Gasteiger charge is 2.14. The van der Waals surface area contributed by atoms with E-state index in [1.54, 1.807) is 30.3 Å². The Morgan fingerprint density at radius 3 is 2.91 bits per heavy atom. The summed E-state index contributed by atoms with van der Waals surface area (Å²) in [5, 5.41) is 2.74. The smallest absolute Gasteiger partial charge is 0.231 e. The fourth-order valence-electron chi connectivity index (χ4n) is 2.02. The van der Waals surface area contributed by atoms with E-state index >= 15 is 0 Å². The van der Waals surface area contributed by atoms with Gasteiger partial charge in [-0.25, -0.2) is 4.39 Å². The number of benzene rings is 2. The second kappa shape index (κ2) is 6.34. The molecule has 0 fully saturated rings. The molecule has 114 valence electrons. The van der Waals surface area contributed by atoms with Crippen LogP contribution in [0.5, 0.6) is 17.2 Å². The number of hydrogen-bond acceptors (Lipinski definition) is 4. The minimum atomic E-state index is -0.373. The summed E-state index contributed by atoms with van der Waals surface area (Å²) in [4.78, 5) is 11.8. The van der Waals surface area contributed by atoms with Crippen LogP contribution in [-0.4, -0.2) is 19.3 Å². The molecule has 5 nitrogen and oxygen atoms in total. The lowest BCUT2D eigenvalue weighted by Gasteiger charge is -2.08. The summed E-state index contributed by atoms with van der Waals surface area (Å²) < 4.78 is 28.7. The van der Waals surface area contributed by atoms with Crippen LogP contribution in [0.15, 0.2) is 42.5 Å². The molecule has 0 aromatic heterocycles. The maximum absolute atomic E-state index is 13.0. The first kappa shape index (κ1) is 14.2. The van der Waals surface area contributed by atoms with Crippen molar-refractivity contribution in [3.05, 3.63) is 48.3 Å². The zero-order valence-corrected chi connectivity index (χ0v) is 11.7. The Bertz CT molecular complexity index is 690. The molecule has 0 radical (unpaired) electrons. The Labute approximate surface area is 126 Å². The van der Waals surface area contributed by atoms with E-state index in [2.05, 4.69) is 5.32 Å². The molecule has 2 aromatic rings. The third kappa shape index (κ3) is 3.46. The summed E-state index contributed by atoms with van der Waals surface area (Å²) in [6.07, 6.45) is 0.158. The van der Waals surface area contributed by atoms with E-state index in [0.29, 0.717) is 22.9 Å². The molecule has 0 saturated heterocycles. The molecule has 1 aliphatic rings. The normalized spacial score (nSPS) is 12.0. The van der Waals surface area contributed by atoms with E-state index in [1.807, 2.05) is 0 Å². The van der Waals surface area contributed by atoms with Crippen LogP contribution in [-0.2, 0) is 4.79 Å². The largest absolute Gasteiger partial charge is 0.493 e. The van der Waals surface area contributed by atoms with Gasteiger partial charge in [-0.15, -0.1) is 0 Å². The average Bonchev–Trinajstić information content (AvgIpc) is 2.95. The van der Waals surface area contributed by atoms with Crippen molar-refractivity contribution in [2.24, 2.45) is 0 Å². The quantitative estimate of drug-likeness (QED) is 0.922. The fourth-order valence-corrected chi connectivity index (χ4v) is 2.02. The minimum Gasteiger partial charge on any atom is -0.493 e. The van der Waals surface area contributed by atoms with Gasteiger partial charge in [0.2, 0.25) is 12.7 Å². The van der Waals surface area contributed by atoms with Gasteiger partial charge in [0, 0.05) is 17.8 Å². The third-order valence-corrected chi connectivity index (χ3v) is 3.05. The molecular weight excluding hydrogens is 289 g/mol. The van der Waals surface area contributed by atoms with Gasteiger partial charge in [-0.05, 0) is 24.3 Å². The number of nitrogens with one attached hydrogen (secondary N) is 1. The minimum absolute atomic E-state index is 0.158. The number of halogens is 1. The first-order chi connectivity index (χ1) is 10.7. The Morgan fingerprint density at radius 1 is 1.18 bits per heavy atom. The molecular formula is C16H14FNO4. The number of hydrogen-bond donors (Lipinski definition) is 1. The summed E-state index contributed by atoms with van der Waals surface area (Å²) in [5.41, 5.74) is 0.625. The first-order valence-electron chi connectivity index (χ1n) is 6.78. The van der Waals surface area contributed by atoms with Crippen LogP contribution in [0.1, 0.15) is 6.42 Å². The van der Waals surface area contributed by atoms with Gasteiger partial charge < -0.3 is 19.5 Å². The lowest BCUT2D eigenvalue weighted by Crippen LogP contribution is -2.15. The second-order valence-electron chi connectivity index (χ2n) is 4.67. The number of rotatable bonds is 5. The summed E-state index contributed by atoms with van der Waals surface area (Å²) in [6.45, 7) is 0.355. The third-order valence-electron chi connectivity index (χ3n) is 3.05. The number of carbonyl (C=O) groups excluding carboxylic acids is 1. The van der Waals surface area contributed by atoms with E-state index in [9.17, 15) is 9.18 Å². The van der Waals surface area contributed by atoms with Crippen molar-refractivity contribution in [2.45, 2.75) is 6.42 Å². The SMILES string of the molecule is O=C(CCOc1cccc(F)c1)Nc1ccc2c(c1)OCO2. The molecule has 0 atom stereocenters. The van der Waals surface area contributed by atoms with Gasteiger partial charge in [0.25, 0.3) is 0 Å². The summed E-state index contributed by atoms with van der Waals surface area (Å²) in [7, 11) is 0. The van der Waals surface area contributed by atoms with Gasteiger partial charge in [-0.1, -0.05) is 6.07 Å². The summed E-state index contributed by atoms with van der Waals surface area (Å²) in [6, 6.07) is 11.0. The molecule has 0 spiro atoms. The van der Waals surface area contributed by atoms with E-state index in [4.69, 9.17) is 14.2 Å². The number of carbonyl (C=O) groups is 1. The van der Waals surface area contributed by atoms with Crippen LogP contribution < -0.4 is 19.5 Å². The molecule has 0 unspecified atom stereocenters. The maximum atomic E-state index is 13.0. The topological polar surface area (TPSA) is 56.8 Å². The molecule has 1 N–H and O–H groups in total. The predicted octanol–water partition coefficient (Wildman–Crippen LogP) is 2.96. The summed E-state index contributed by atoms with van der Waals surface area (Å²) >= 11 is 0. The van der Waals surface area contributed by atoms with Gasteiger partial charge in [0.1, 0.15) is 11.6 Å². The molecule has 22 heavy (non-hydrogen) atoms. The van der Waals surface area contributed by atoms with Crippen molar-refractivity contribution in [3.8, 4) is 17.2 Å². The second-order valence-corrected chi connectivity index (χ2v) is 4.67. The van der Waals surface area contributed by atoms with Crippen molar-refractivity contribution in [2.75, 3.05) is 18.7 Å². The fraction of sp³-hybridized carbons (Fsp3) is 0.188. The molecule has 1 aliphatic heterocycles. The van der Waals surface area contributed by atoms with E-state index in [0.717, 1.165) is 0 Å². The van der Waals surface area contributed by atoms with Crippen LogP contribution >= 0.6 is 0 Å². The lowest BCUT2D eigenvalue weighted by atomic mass is 10.2. The van der Waals surface area contributed by atoms with Crippen molar-refractivity contribution in [1.29, 1.82) is 0 Å². The van der Waals surface area contributed by atoms with Crippen molar-refractivity contribution in [3.63, 3.8) is 0 Å². The Morgan fingerprint density at radius 2 is 2.05 bits per heavy atom. The molecule has 3 rings (SSSR count). The highest BCUT2D eigenvalue weighted by atomic mass is 19.1. The zero-order valence-electron chi connectivity index (χ0n) is 11.7. The number of ether oxygens (including phenoxy) is 3. The molecule has 1 amide bonds. The monoisotopic (exact) mass is 303 g/mol. The zero-order chi connectivity index (χ0) is 15.4. The van der Waals surface area contributed by atoms with Gasteiger partial charge >= 0.3 is 0 Å². The van der Waals surface area contributed by atoms with Gasteiger partial charge in [0.05, 0.1) is 13.0 Å². The van der Waals surface area contributed by atoms with Gasteiger partial charge in [-0.2, -0.15) is 0 Å². The van der Waals surface area contributed by atoms with Crippen molar-refractivity contribution >= 4 is 11.6 Å². The number of amides is 1. The maximum Gasteiger partial charge on any atom is 0.231 e. The standard InChI is InChI=1S/C16H14FNO4/c17-11-2-1-3-13(8-11)20-7-6-16(19)18-12-4-5-14-15(9-12)22-10-21-14/h1-5,8-9H,6-7,10H2,(H,18,19). The van der Waals surface area contributed by atoms with Gasteiger partial charge in [0.15, 0.2) is 11.5 Å². The van der Waals surface area contributed by atoms with E-state index in [-0.39, 0.29) is 31.5 Å². The average molecular weight is 303 g/mol. The Hall–Kier alpha value is -2.76. The first-order valence-corrected chi connectivity index (χ1v) is 6.78. The molecule has 0 aliphatic carbocycles. The molecule has 0 saturated carbocycles. The molecule has 1 heterocycles. The van der Waals surface area contributed by atoms with Crippen LogP contribution in [0.3, 0.4) is 0 Å². The molecule has 6 heteroatoms. The van der Waals surface area contributed by atoms with Crippen LogP contribution in [0, 0.1) is 5.82 Å². The number of fused-ring (bicyclic) bond motifs is 1. The van der Waals surface area contributed by atoms with E-state index < -0.39 is 0 Å². The molecule has 0 bridgehead atoms. The Kier molecular flexibility index (Phi) is 4.09. The highest BCUT2D eigenvalue weighted by Crippen LogP contribution is 2.34. The summed E-state index contributed by atoms with van der Waals surface area (Å²) in [5.74, 6) is 1.09. The van der Waals surface area contributed by atoms with Crippen LogP contribution in [0.25, 0.3) is 0 Å². The van der Waals surface area contributed by atoms with E-state index in [1.165, 1.54) is 12.1 Å². The predicted molar refractivity (Wildman–Crippen MR) is 77.7 cm³/mol. The Balaban J connectivity index is 1.48. The van der Waals surface area contributed by atoms with Crippen molar-refractivity contribution in [1.82, 2.24) is 0 Å². The van der Waals surface area contributed by atoms with Crippen LogP contribution in [0.4, 0.5) is 10.1 Å². The van der Waals surface area contributed by atoms with Gasteiger partial charge in [-0.3, -0.25) is 4.79 Å². The lowest BCUT2D eigenvalue weighted by molar-refractivity contribution is -0.116. The van der Waals surface area contributed by atoms with Crippen LogP contribution in [0.2, 0.25) is 0 Å².